The fourth-order valence-corrected chi connectivity index (χ4v) is 4.40. The molecule has 4 heterocycles. The first kappa shape index (κ1) is 22.6. The van der Waals surface area contributed by atoms with Crippen LogP contribution < -0.4 is 10.1 Å². The highest BCUT2D eigenvalue weighted by molar-refractivity contribution is 6.32. The molecule has 2 saturated heterocycles. The van der Waals surface area contributed by atoms with E-state index < -0.39 is 0 Å². The molecule has 3 aromatic rings. The molecule has 0 unspecified atom stereocenters. The van der Waals surface area contributed by atoms with Gasteiger partial charge >= 0.3 is 0 Å². The normalized spacial score (nSPS) is 16.9. The number of halogens is 1. The second kappa shape index (κ2) is 9.57. The van der Waals surface area contributed by atoms with Crippen LogP contribution in [0.15, 0.2) is 36.8 Å². The molecule has 1 aromatic carbocycles. The number of hydrogen-bond donors (Lipinski definition) is 1. The molecule has 2 aliphatic heterocycles. The zero-order valence-electron chi connectivity index (χ0n) is 19.1. The van der Waals surface area contributed by atoms with Gasteiger partial charge < -0.3 is 19.7 Å². The van der Waals surface area contributed by atoms with Crippen molar-refractivity contribution in [2.45, 2.75) is 6.04 Å². The van der Waals surface area contributed by atoms with E-state index in [4.69, 9.17) is 21.1 Å². The van der Waals surface area contributed by atoms with Crippen LogP contribution in [0, 0.1) is 0 Å². The molecule has 2 aromatic heterocycles. The molecule has 1 amide bonds. The van der Waals surface area contributed by atoms with Crippen LogP contribution >= 0.6 is 11.6 Å². The van der Waals surface area contributed by atoms with Gasteiger partial charge in [-0.3, -0.25) is 14.4 Å². The summed E-state index contributed by atoms with van der Waals surface area (Å²) in [7, 11) is 3.39. The highest BCUT2D eigenvalue weighted by atomic mass is 35.5. The summed E-state index contributed by atoms with van der Waals surface area (Å²) in [6.07, 6.45) is 5.06. The Labute approximate surface area is 202 Å². The second-order valence-corrected chi connectivity index (χ2v) is 8.75. The number of methoxy groups -OCH3 is 1. The zero-order chi connectivity index (χ0) is 23.7. The summed E-state index contributed by atoms with van der Waals surface area (Å²) in [5, 5.41) is 7.76. The van der Waals surface area contributed by atoms with E-state index in [9.17, 15) is 4.79 Å². The minimum absolute atomic E-state index is 0.00373. The van der Waals surface area contributed by atoms with Crippen molar-refractivity contribution in [2.24, 2.45) is 7.05 Å². The number of rotatable bonds is 6. The smallest absolute Gasteiger partial charge is 0.254 e. The average molecular weight is 484 g/mol. The van der Waals surface area contributed by atoms with E-state index in [1.807, 2.05) is 18.1 Å². The fourth-order valence-electron chi connectivity index (χ4n) is 4.20. The Kier molecular flexibility index (Phi) is 6.36. The number of nitrogens with zero attached hydrogens (tertiary/aromatic N) is 6. The van der Waals surface area contributed by atoms with Crippen LogP contribution in [0.3, 0.4) is 0 Å². The number of nitrogens with one attached hydrogen (secondary N) is 1. The molecule has 178 valence electrons. The Morgan fingerprint density at radius 2 is 2.03 bits per heavy atom. The summed E-state index contributed by atoms with van der Waals surface area (Å²) in [6, 6.07) is 5.73. The SMILES string of the molecule is COc1cc(C(=O)N2CC(N3CCOCC3)C2)ccc1Nc1ncc(Cl)c(-c2cnn(C)c2)n1. The van der Waals surface area contributed by atoms with Gasteiger partial charge in [-0.25, -0.2) is 9.97 Å². The van der Waals surface area contributed by atoms with Gasteiger partial charge in [0.1, 0.15) is 5.75 Å². The molecule has 2 aliphatic rings. The lowest BCUT2D eigenvalue weighted by Crippen LogP contribution is -2.62. The topological polar surface area (TPSA) is 97.6 Å². The largest absolute Gasteiger partial charge is 0.495 e. The van der Waals surface area contributed by atoms with Crippen molar-refractivity contribution in [3.05, 3.63) is 47.4 Å². The van der Waals surface area contributed by atoms with Gasteiger partial charge in [-0.1, -0.05) is 11.6 Å². The molecule has 0 atom stereocenters. The summed E-state index contributed by atoms with van der Waals surface area (Å²) in [6.45, 7) is 4.84. The van der Waals surface area contributed by atoms with Crippen molar-refractivity contribution < 1.29 is 14.3 Å². The van der Waals surface area contributed by atoms with E-state index in [1.165, 1.54) is 0 Å². The molecular formula is C23H26ClN7O3. The van der Waals surface area contributed by atoms with Crippen LogP contribution in [0.25, 0.3) is 11.3 Å². The zero-order valence-corrected chi connectivity index (χ0v) is 19.8. The van der Waals surface area contributed by atoms with Gasteiger partial charge in [-0.2, -0.15) is 5.10 Å². The van der Waals surface area contributed by atoms with Gasteiger partial charge in [0.15, 0.2) is 0 Å². The number of carbonyl (C=O) groups excluding carboxylic acids is 1. The summed E-state index contributed by atoms with van der Waals surface area (Å²) >= 11 is 6.30. The number of carbonyl (C=O) groups is 1. The summed E-state index contributed by atoms with van der Waals surface area (Å²) in [5.74, 6) is 0.880. The van der Waals surface area contributed by atoms with Crippen molar-refractivity contribution in [3.63, 3.8) is 0 Å². The molecule has 0 aliphatic carbocycles. The molecule has 0 spiro atoms. The van der Waals surface area contributed by atoms with Gasteiger partial charge in [-0.05, 0) is 18.2 Å². The molecule has 0 bridgehead atoms. The lowest BCUT2D eigenvalue weighted by atomic mass is 10.0. The van der Waals surface area contributed by atoms with Gasteiger partial charge in [0.2, 0.25) is 5.95 Å². The van der Waals surface area contributed by atoms with Crippen LogP contribution in [-0.2, 0) is 11.8 Å². The number of aryl methyl sites for hydroxylation is 1. The minimum Gasteiger partial charge on any atom is -0.495 e. The number of hydrogen-bond acceptors (Lipinski definition) is 8. The maximum atomic E-state index is 13.0. The standard InChI is InChI=1S/C23H26ClN7O3/c1-29-12-16(10-26-29)21-18(24)11-25-23(28-21)27-19-4-3-15(9-20(19)33-2)22(32)31-13-17(14-31)30-5-7-34-8-6-30/h3-4,9-12,17H,5-8,13-14H2,1-2H3,(H,25,27,28). The molecule has 2 fully saturated rings. The first-order valence-corrected chi connectivity index (χ1v) is 11.5. The van der Waals surface area contributed by atoms with Crippen LogP contribution in [-0.4, -0.2) is 88.0 Å². The van der Waals surface area contributed by atoms with Gasteiger partial charge in [0, 0.05) is 56.6 Å². The Morgan fingerprint density at radius 3 is 2.74 bits per heavy atom. The molecule has 11 heteroatoms. The number of morpholine rings is 1. The van der Waals surface area contributed by atoms with Crippen molar-refractivity contribution in [1.82, 2.24) is 29.5 Å². The number of likely N-dealkylation sites (tertiary alicyclic amines) is 1. The fraction of sp³-hybridized carbons (Fsp3) is 0.391. The Hall–Kier alpha value is -3.21. The molecule has 10 nitrogen and oxygen atoms in total. The maximum Gasteiger partial charge on any atom is 0.254 e. The van der Waals surface area contributed by atoms with Crippen LogP contribution in [0.4, 0.5) is 11.6 Å². The van der Waals surface area contributed by atoms with Crippen molar-refractivity contribution in [3.8, 4) is 17.0 Å². The predicted molar refractivity (Wildman–Crippen MR) is 128 cm³/mol. The number of aromatic nitrogens is 4. The van der Waals surface area contributed by atoms with Crippen LogP contribution in [0.5, 0.6) is 5.75 Å². The third-order valence-corrected chi connectivity index (χ3v) is 6.41. The molecule has 0 radical (unpaired) electrons. The Bertz CT molecular complexity index is 1190. The molecule has 0 saturated carbocycles. The van der Waals surface area contributed by atoms with E-state index in [0.717, 1.165) is 45.0 Å². The molecular weight excluding hydrogens is 458 g/mol. The Balaban J connectivity index is 1.28. The van der Waals surface area contributed by atoms with Crippen molar-refractivity contribution in [2.75, 3.05) is 51.8 Å². The summed E-state index contributed by atoms with van der Waals surface area (Å²) < 4.78 is 12.6. The van der Waals surface area contributed by atoms with E-state index in [0.29, 0.717) is 39.7 Å². The molecule has 34 heavy (non-hydrogen) atoms. The number of amides is 1. The first-order chi connectivity index (χ1) is 16.5. The first-order valence-electron chi connectivity index (χ1n) is 11.1. The minimum atomic E-state index is -0.00373. The molecule has 1 N–H and O–H groups in total. The van der Waals surface area contributed by atoms with E-state index in [1.54, 1.807) is 42.4 Å². The summed E-state index contributed by atoms with van der Waals surface area (Å²) in [5.41, 5.74) is 2.59. The van der Waals surface area contributed by atoms with Crippen molar-refractivity contribution >= 4 is 29.1 Å². The predicted octanol–water partition coefficient (Wildman–Crippen LogP) is 2.44. The monoisotopic (exact) mass is 483 g/mol. The maximum absolute atomic E-state index is 13.0. The van der Waals surface area contributed by atoms with Gasteiger partial charge in [-0.15, -0.1) is 0 Å². The number of anilines is 2. The van der Waals surface area contributed by atoms with E-state index in [-0.39, 0.29) is 5.91 Å². The number of benzene rings is 1. The average Bonchev–Trinajstić information content (AvgIpc) is 3.26. The highest BCUT2D eigenvalue weighted by Crippen LogP contribution is 2.31. The van der Waals surface area contributed by atoms with Crippen LogP contribution in [0.2, 0.25) is 5.02 Å². The second-order valence-electron chi connectivity index (χ2n) is 8.35. The van der Waals surface area contributed by atoms with Gasteiger partial charge in [0.25, 0.3) is 5.91 Å². The van der Waals surface area contributed by atoms with Gasteiger partial charge in [0.05, 0.1) is 49.1 Å². The highest BCUT2D eigenvalue weighted by Gasteiger charge is 2.35. The lowest BCUT2D eigenvalue weighted by molar-refractivity contribution is -0.0256. The third kappa shape index (κ3) is 4.56. The van der Waals surface area contributed by atoms with Crippen LogP contribution in [0.1, 0.15) is 10.4 Å². The molecule has 5 rings (SSSR count). The Morgan fingerprint density at radius 1 is 1.24 bits per heavy atom. The quantitative estimate of drug-likeness (QED) is 0.571. The van der Waals surface area contributed by atoms with Crippen molar-refractivity contribution in [1.29, 1.82) is 0 Å². The van der Waals surface area contributed by atoms with E-state index in [2.05, 4.69) is 25.3 Å². The number of ether oxygens (including phenoxy) is 2. The summed E-state index contributed by atoms with van der Waals surface area (Å²) in [4.78, 5) is 26.1. The lowest BCUT2D eigenvalue weighted by Gasteiger charge is -2.46. The van der Waals surface area contributed by atoms with E-state index >= 15 is 0 Å². The third-order valence-electron chi connectivity index (χ3n) is 6.13.